The highest BCUT2D eigenvalue weighted by Crippen LogP contribution is 2.35. The number of nitrogens with two attached hydrogens (primary N) is 1. The second kappa shape index (κ2) is 7.89. The number of aromatic nitrogens is 4. The minimum Gasteiger partial charge on any atom is -0.604 e. The summed E-state index contributed by atoms with van der Waals surface area (Å²) in [6.07, 6.45) is 1.44. The van der Waals surface area contributed by atoms with Crippen LogP contribution in [-0.4, -0.2) is 76.8 Å². The Kier molecular flexibility index (Phi) is 5.59. The Bertz CT molecular complexity index is 746. The van der Waals surface area contributed by atoms with Gasteiger partial charge in [-0.25, -0.2) is 0 Å². The topological polar surface area (TPSA) is 126 Å². The zero-order valence-electron chi connectivity index (χ0n) is 14.9. The van der Waals surface area contributed by atoms with E-state index < -0.39 is 11.2 Å². The molecule has 1 aliphatic rings. The van der Waals surface area contributed by atoms with Crippen molar-refractivity contribution < 1.29 is 14.0 Å². The first-order chi connectivity index (χ1) is 12.5. The van der Waals surface area contributed by atoms with Gasteiger partial charge in [0.2, 0.25) is 5.95 Å². The van der Waals surface area contributed by atoms with Crippen molar-refractivity contribution in [2.24, 2.45) is 0 Å². The summed E-state index contributed by atoms with van der Waals surface area (Å²) < 4.78 is 23.7. The lowest BCUT2D eigenvalue weighted by atomic mass is 10.3. The summed E-state index contributed by atoms with van der Waals surface area (Å²) in [4.78, 5) is 21.3. The maximum Gasteiger partial charge on any atom is 0.350 e. The number of hydrogen-bond acceptors (Lipinski definition) is 10. The van der Waals surface area contributed by atoms with Crippen LogP contribution in [0.1, 0.15) is 0 Å². The lowest BCUT2D eigenvalue weighted by molar-refractivity contribution is 0.307. The predicted octanol–water partition coefficient (Wildman–Crippen LogP) is -0.215. The molecule has 1 aliphatic heterocycles. The largest absolute Gasteiger partial charge is 0.604 e. The van der Waals surface area contributed by atoms with Crippen LogP contribution in [0.2, 0.25) is 0 Å². The molecule has 1 saturated heterocycles. The Morgan fingerprint density at radius 3 is 2.23 bits per heavy atom. The molecular formula is C15H21N7O3S. The minimum atomic E-state index is -1.80. The SMILES string of the molecule is COc1nc(N2CCN(C)CC2)nc(OC)c1[S+]([O-])c1nccc(N)n1. The molecule has 1 atom stereocenters. The first-order valence-electron chi connectivity index (χ1n) is 7.97. The van der Waals surface area contributed by atoms with Gasteiger partial charge in [0.25, 0.3) is 16.7 Å². The fourth-order valence-corrected chi connectivity index (χ4v) is 3.62. The third-order valence-electron chi connectivity index (χ3n) is 3.97. The fourth-order valence-electron chi connectivity index (χ4n) is 2.52. The maximum absolute atomic E-state index is 13.0. The number of methoxy groups -OCH3 is 2. The summed E-state index contributed by atoms with van der Waals surface area (Å²) in [5.41, 5.74) is 5.66. The number of anilines is 2. The molecule has 2 aromatic rings. The monoisotopic (exact) mass is 379 g/mol. The predicted molar refractivity (Wildman–Crippen MR) is 96.0 cm³/mol. The van der Waals surface area contributed by atoms with Crippen LogP contribution in [0.15, 0.2) is 22.3 Å². The van der Waals surface area contributed by atoms with Crippen molar-refractivity contribution in [3.63, 3.8) is 0 Å². The van der Waals surface area contributed by atoms with Crippen LogP contribution in [0.3, 0.4) is 0 Å². The quantitative estimate of drug-likeness (QED) is 0.550. The van der Waals surface area contributed by atoms with Crippen molar-refractivity contribution in [2.45, 2.75) is 10.1 Å². The Morgan fingerprint density at radius 2 is 1.69 bits per heavy atom. The van der Waals surface area contributed by atoms with Crippen molar-refractivity contribution in [1.29, 1.82) is 0 Å². The Labute approximate surface area is 154 Å². The van der Waals surface area contributed by atoms with Gasteiger partial charge in [-0.05, 0) is 13.1 Å². The standard InChI is InChI=1S/C15H21N7O3S/c1-21-6-8-22(9-7-21)14-19-12(24-2)11(13(20-14)25-3)26(23)15-17-5-4-10(16)18-15/h4-5H,6-9H2,1-3H3,(H2,16,17,18). The highest BCUT2D eigenvalue weighted by atomic mass is 32.2. The van der Waals surface area contributed by atoms with Gasteiger partial charge in [-0.15, -0.1) is 0 Å². The molecule has 140 valence electrons. The molecule has 0 aromatic carbocycles. The lowest BCUT2D eigenvalue weighted by Crippen LogP contribution is -2.45. The number of likely N-dealkylation sites (N-methyl/N-ethyl adjacent to an activating group) is 1. The van der Waals surface area contributed by atoms with Crippen molar-refractivity contribution in [1.82, 2.24) is 24.8 Å². The molecule has 1 fully saturated rings. The van der Waals surface area contributed by atoms with E-state index in [1.54, 1.807) is 0 Å². The molecule has 26 heavy (non-hydrogen) atoms. The maximum atomic E-state index is 13.0. The van der Waals surface area contributed by atoms with E-state index in [-0.39, 0.29) is 27.6 Å². The number of nitrogens with zero attached hydrogens (tertiary/aromatic N) is 6. The van der Waals surface area contributed by atoms with Gasteiger partial charge < -0.3 is 29.6 Å². The van der Waals surface area contributed by atoms with Crippen LogP contribution < -0.4 is 20.1 Å². The fraction of sp³-hybridized carbons (Fsp3) is 0.467. The van der Waals surface area contributed by atoms with Gasteiger partial charge in [0.05, 0.1) is 25.4 Å². The van der Waals surface area contributed by atoms with Crippen LogP contribution in [0.5, 0.6) is 11.8 Å². The van der Waals surface area contributed by atoms with Gasteiger partial charge in [-0.1, -0.05) is 0 Å². The summed E-state index contributed by atoms with van der Waals surface area (Å²) in [7, 11) is 4.98. The highest BCUT2D eigenvalue weighted by Gasteiger charge is 2.33. The van der Waals surface area contributed by atoms with E-state index >= 15 is 0 Å². The molecule has 1 unspecified atom stereocenters. The van der Waals surface area contributed by atoms with Crippen LogP contribution in [0, 0.1) is 0 Å². The number of hydrogen-bond donors (Lipinski definition) is 1. The van der Waals surface area contributed by atoms with E-state index in [2.05, 4.69) is 31.9 Å². The summed E-state index contributed by atoms with van der Waals surface area (Å²) >= 11 is -1.80. The molecule has 0 aliphatic carbocycles. The molecule has 11 heteroatoms. The highest BCUT2D eigenvalue weighted by molar-refractivity contribution is 7.91. The summed E-state index contributed by atoms with van der Waals surface area (Å²) in [5.74, 6) is 1.02. The Hall–Kier alpha value is -2.37. The van der Waals surface area contributed by atoms with Crippen LogP contribution >= 0.6 is 0 Å². The summed E-state index contributed by atoms with van der Waals surface area (Å²) in [6.45, 7) is 3.37. The van der Waals surface area contributed by atoms with Crippen molar-refractivity contribution in [2.75, 3.05) is 58.1 Å². The van der Waals surface area contributed by atoms with Crippen molar-refractivity contribution in [3.05, 3.63) is 12.3 Å². The van der Waals surface area contributed by atoms with Crippen molar-refractivity contribution >= 4 is 22.9 Å². The Morgan fingerprint density at radius 1 is 1.08 bits per heavy atom. The van der Waals surface area contributed by atoms with E-state index in [0.717, 1.165) is 26.2 Å². The number of nitrogen functional groups attached to an aromatic ring is 1. The van der Waals surface area contributed by atoms with Gasteiger partial charge in [0.15, 0.2) is 0 Å². The lowest BCUT2D eigenvalue weighted by Gasteiger charge is -2.32. The first-order valence-corrected chi connectivity index (χ1v) is 9.12. The molecule has 0 amide bonds. The molecule has 10 nitrogen and oxygen atoms in total. The smallest absolute Gasteiger partial charge is 0.350 e. The van der Waals surface area contributed by atoms with Gasteiger partial charge in [-0.3, -0.25) is 0 Å². The summed E-state index contributed by atoms with van der Waals surface area (Å²) in [6, 6.07) is 1.52. The van der Waals surface area contributed by atoms with Crippen LogP contribution in [0.4, 0.5) is 11.8 Å². The molecule has 2 aromatic heterocycles. The van der Waals surface area contributed by atoms with E-state index in [1.165, 1.54) is 26.5 Å². The third-order valence-corrected chi connectivity index (χ3v) is 5.22. The molecule has 0 spiro atoms. The Balaban J connectivity index is 1.99. The molecule has 0 saturated carbocycles. The third kappa shape index (κ3) is 3.74. The van der Waals surface area contributed by atoms with Gasteiger partial charge in [0.1, 0.15) is 5.82 Å². The summed E-state index contributed by atoms with van der Waals surface area (Å²) in [5, 5.41) is 0.0394. The minimum absolute atomic E-state index is 0.0394. The van der Waals surface area contributed by atoms with E-state index in [0.29, 0.717) is 5.95 Å². The second-order valence-electron chi connectivity index (χ2n) is 5.69. The molecular weight excluding hydrogens is 358 g/mol. The molecule has 0 bridgehead atoms. The molecule has 3 heterocycles. The van der Waals surface area contributed by atoms with Gasteiger partial charge >= 0.3 is 5.16 Å². The van der Waals surface area contributed by atoms with E-state index in [4.69, 9.17) is 15.2 Å². The first kappa shape index (κ1) is 18.4. The second-order valence-corrected chi connectivity index (χ2v) is 7.01. The number of ether oxygens (including phenoxy) is 2. The average molecular weight is 379 g/mol. The normalized spacial score (nSPS) is 16.4. The molecule has 2 N–H and O–H groups in total. The molecule has 0 radical (unpaired) electrons. The van der Waals surface area contributed by atoms with E-state index in [1.807, 2.05) is 4.90 Å². The van der Waals surface area contributed by atoms with E-state index in [9.17, 15) is 4.55 Å². The number of piperazine rings is 1. The van der Waals surface area contributed by atoms with Crippen molar-refractivity contribution in [3.8, 4) is 11.8 Å². The van der Waals surface area contributed by atoms with Gasteiger partial charge in [-0.2, -0.15) is 19.9 Å². The average Bonchev–Trinajstić information content (AvgIpc) is 2.66. The van der Waals surface area contributed by atoms with Gasteiger partial charge in [0, 0.05) is 32.4 Å². The van der Waals surface area contributed by atoms with Crippen LogP contribution in [0.25, 0.3) is 0 Å². The van der Waals surface area contributed by atoms with Crippen LogP contribution in [-0.2, 0) is 11.2 Å². The zero-order chi connectivity index (χ0) is 18.7. The molecule has 3 rings (SSSR count). The number of rotatable bonds is 5. The zero-order valence-corrected chi connectivity index (χ0v) is 15.7.